The Labute approximate surface area is 167 Å². The van der Waals surface area contributed by atoms with Crippen LogP contribution in [0.4, 0.5) is 0 Å². The maximum absolute atomic E-state index is 6.05. The molecule has 0 aliphatic heterocycles. The molecule has 0 aliphatic carbocycles. The molecule has 0 fully saturated rings. The monoisotopic (exact) mass is 484 g/mol. The summed E-state index contributed by atoms with van der Waals surface area (Å²) in [7, 11) is 3.81. The van der Waals surface area contributed by atoms with Crippen LogP contribution in [-0.2, 0) is 7.05 Å². The van der Waals surface area contributed by atoms with Gasteiger partial charge in [0.15, 0.2) is 0 Å². The molecule has 0 bridgehead atoms. The first-order chi connectivity index (χ1) is 12.5. The van der Waals surface area contributed by atoms with Crippen molar-refractivity contribution in [1.82, 2.24) is 29.6 Å². The highest BCUT2D eigenvalue weighted by atomic mass is 127. The van der Waals surface area contributed by atoms with Crippen molar-refractivity contribution in [3.8, 4) is 17.1 Å². The molecular formula is C17H22IN6OP. The molecule has 2 unspecified atom stereocenters. The van der Waals surface area contributed by atoms with Crippen molar-refractivity contribution < 1.29 is 4.74 Å². The average molecular weight is 484 g/mol. The minimum atomic E-state index is 0.240. The van der Waals surface area contributed by atoms with E-state index in [-0.39, 0.29) is 6.04 Å². The van der Waals surface area contributed by atoms with Crippen LogP contribution in [0.5, 0.6) is 5.88 Å². The van der Waals surface area contributed by atoms with Crippen LogP contribution in [0.25, 0.3) is 28.2 Å². The molecule has 138 valence electrons. The van der Waals surface area contributed by atoms with Gasteiger partial charge in [0, 0.05) is 18.5 Å². The molecule has 0 radical (unpaired) electrons. The van der Waals surface area contributed by atoms with Crippen LogP contribution in [0.2, 0.25) is 0 Å². The van der Waals surface area contributed by atoms with Crippen molar-refractivity contribution in [1.29, 1.82) is 0 Å². The van der Waals surface area contributed by atoms with E-state index >= 15 is 0 Å². The summed E-state index contributed by atoms with van der Waals surface area (Å²) < 4.78 is 9.77. The normalized spacial score (nSPS) is 13.0. The van der Waals surface area contributed by atoms with Gasteiger partial charge < -0.3 is 10.1 Å². The van der Waals surface area contributed by atoms with Gasteiger partial charge in [-0.2, -0.15) is 10.2 Å². The quantitative estimate of drug-likeness (QED) is 0.411. The lowest BCUT2D eigenvalue weighted by Crippen LogP contribution is -2.28. The second kappa shape index (κ2) is 8.02. The van der Waals surface area contributed by atoms with Crippen LogP contribution in [0.3, 0.4) is 0 Å². The van der Waals surface area contributed by atoms with Gasteiger partial charge >= 0.3 is 0 Å². The summed E-state index contributed by atoms with van der Waals surface area (Å²) in [6, 6.07) is 2.29. The Morgan fingerprint density at radius 2 is 2.23 bits per heavy atom. The first-order valence-corrected chi connectivity index (χ1v) is 12.3. The number of likely N-dealkylation sites (N-methyl/N-ethyl adjacent to an activating group) is 1. The van der Waals surface area contributed by atoms with Crippen molar-refractivity contribution in [3.05, 3.63) is 30.2 Å². The van der Waals surface area contributed by atoms with Crippen LogP contribution in [-0.4, -0.2) is 44.0 Å². The second-order valence-electron chi connectivity index (χ2n) is 6.06. The van der Waals surface area contributed by atoms with E-state index in [9.17, 15) is 0 Å². The highest BCUT2D eigenvalue weighted by Gasteiger charge is 2.20. The summed E-state index contributed by atoms with van der Waals surface area (Å²) in [5, 5.41) is 13.3. The predicted molar refractivity (Wildman–Crippen MR) is 116 cm³/mol. The Bertz CT molecular complexity index is 951. The first kappa shape index (κ1) is 19.3. The van der Waals surface area contributed by atoms with Crippen molar-refractivity contribution in [2.24, 2.45) is 7.05 Å². The maximum Gasteiger partial charge on any atom is 0.221 e. The summed E-state index contributed by atoms with van der Waals surface area (Å²) in [6.07, 6.45) is 4.15. The highest BCUT2D eigenvalue weighted by molar-refractivity contribution is 14.2. The molecule has 7 nitrogen and oxygen atoms in total. The molecule has 0 saturated carbocycles. The highest BCUT2D eigenvalue weighted by Crippen LogP contribution is 2.36. The van der Waals surface area contributed by atoms with E-state index in [0.717, 1.165) is 39.4 Å². The van der Waals surface area contributed by atoms with Gasteiger partial charge in [-0.05, 0) is 55.1 Å². The zero-order valence-corrected chi connectivity index (χ0v) is 18.4. The van der Waals surface area contributed by atoms with E-state index in [2.05, 4.69) is 56.0 Å². The molecule has 0 aromatic carbocycles. The molecule has 0 amide bonds. The van der Waals surface area contributed by atoms with E-state index in [0.29, 0.717) is 13.0 Å². The van der Waals surface area contributed by atoms with E-state index < -0.39 is 0 Å². The Hall–Kier alpha value is -1.51. The van der Waals surface area contributed by atoms with Crippen molar-refractivity contribution >= 4 is 45.4 Å². The number of fused-ring (bicyclic) bond motifs is 1. The summed E-state index contributed by atoms with van der Waals surface area (Å²) >= 11 is 2.31. The van der Waals surface area contributed by atoms with Crippen LogP contribution in [0, 0.1) is 6.92 Å². The number of hydrogen-bond acceptors (Lipinski definition) is 5. The SMILES string of the molecule is C=Cc1nn(PI)c2cnc(-c3c(C)nn(C)c3OCC(C)NC)cc12. The lowest BCUT2D eigenvalue weighted by atomic mass is 10.1. The summed E-state index contributed by atoms with van der Waals surface area (Å²) in [6.45, 7) is 8.48. The summed E-state index contributed by atoms with van der Waals surface area (Å²) in [5.41, 5.74) is 4.49. The van der Waals surface area contributed by atoms with Gasteiger partial charge in [-0.1, -0.05) is 6.58 Å². The van der Waals surface area contributed by atoms with Crippen LogP contribution in [0.15, 0.2) is 18.8 Å². The van der Waals surface area contributed by atoms with Gasteiger partial charge in [-0.25, -0.2) is 9.13 Å². The predicted octanol–water partition coefficient (Wildman–Crippen LogP) is 3.56. The Balaban J connectivity index is 2.10. The Morgan fingerprint density at radius 1 is 1.46 bits per heavy atom. The van der Waals surface area contributed by atoms with E-state index in [4.69, 9.17) is 4.74 Å². The van der Waals surface area contributed by atoms with Crippen molar-refractivity contribution in [2.75, 3.05) is 13.7 Å². The van der Waals surface area contributed by atoms with Crippen molar-refractivity contribution in [2.45, 2.75) is 19.9 Å². The molecular weight excluding hydrogens is 462 g/mol. The molecule has 3 rings (SSSR count). The number of rotatable bonds is 7. The number of nitrogens with one attached hydrogen (secondary N) is 1. The molecule has 26 heavy (non-hydrogen) atoms. The van der Waals surface area contributed by atoms with Gasteiger partial charge in [0.25, 0.3) is 0 Å². The minimum Gasteiger partial charge on any atom is -0.476 e. The number of aryl methyl sites for hydroxylation is 2. The molecule has 3 aromatic heterocycles. The van der Waals surface area contributed by atoms with Crippen LogP contribution >= 0.6 is 28.4 Å². The molecule has 3 heterocycles. The van der Waals surface area contributed by atoms with Gasteiger partial charge in [-0.15, -0.1) is 0 Å². The zero-order valence-electron chi connectivity index (χ0n) is 15.2. The summed E-state index contributed by atoms with van der Waals surface area (Å²) in [5.74, 6) is 0.722. The van der Waals surface area contributed by atoms with Crippen LogP contribution < -0.4 is 10.1 Å². The molecule has 0 saturated heterocycles. The largest absolute Gasteiger partial charge is 0.476 e. The number of hydrogen-bond donors (Lipinski definition) is 1. The van der Waals surface area contributed by atoms with Gasteiger partial charge in [-0.3, -0.25) is 4.98 Å². The molecule has 0 spiro atoms. The number of ether oxygens (including phenoxy) is 1. The fraction of sp³-hybridized carbons (Fsp3) is 0.353. The molecule has 1 N–H and O–H groups in total. The Morgan fingerprint density at radius 3 is 2.88 bits per heavy atom. The molecule has 2 atom stereocenters. The van der Waals surface area contributed by atoms with Crippen LogP contribution in [0.1, 0.15) is 18.3 Å². The standard InChI is InChI=1S/C17H22IN6OP/c1-6-13-12-7-14(20-8-15(12)24(22-13)26-18)16-11(3)21-23(5)17(16)25-9-10(2)19-4/h6-8,10,19,26H,1,9H2,2-5H3. The smallest absolute Gasteiger partial charge is 0.221 e. The van der Waals surface area contributed by atoms with Gasteiger partial charge in [0.2, 0.25) is 5.88 Å². The third kappa shape index (κ3) is 3.50. The maximum atomic E-state index is 6.05. The molecule has 3 aromatic rings. The summed E-state index contributed by atoms with van der Waals surface area (Å²) in [4.78, 5) is 4.67. The van der Waals surface area contributed by atoms with E-state index in [1.165, 1.54) is 0 Å². The number of nitrogens with zero attached hydrogens (tertiary/aromatic N) is 5. The van der Waals surface area contributed by atoms with E-state index in [1.54, 1.807) is 10.8 Å². The number of pyridine rings is 1. The van der Waals surface area contributed by atoms with E-state index in [1.807, 2.05) is 37.7 Å². The third-order valence-electron chi connectivity index (χ3n) is 4.26. The average Bonchev–Trinajstić information content (AvgIpc) is 3.14. The topological polar surface area (TPSA) is 69.8 Å². The van der Waals surface area contributed by atoms with Gasteiger partial charge in [0.05, 0.1) is 40.7 Å². The zero-order chi connectivity index (χ0) is 18.8. The van der Waals surface area contributed by atoms with Crippen molar-refractivity contribution in [3.63, 3.8) is 0 Å². The Kier molecular flexibility index (Phi) is 5.94. The third-order valence-corrected chi connectivity index (χ3v) is 6.13. The second-order valence-corrected chi connectivity index (χ2v) is 8.10. The van der Waals surface area contributed by atoms with Gasteiger partial charge in [0.1, 0.15) is 6.61 Å². The number of halogens is 1. The number of aromatic nitrogens is 5. The first-order valence-electron chi connectivity index (χ1n) is 8.22. The molecule has 0 aliphatic rings. The fourth-order valence-electron chi connectivity index (χ4n) is 2.77. The lowest BCUT2D eigenvalue weighted by Gasteiger charge is -2.13. The minimum absolute atomic E-state index is 0.240. The fourth-order valence-corrected chi connectivity index (χ4v) is 4.29. The lowest BCUT2D eigenvalue weighted by molar-refractivity contribution is 0.259. The molecule has 9 heteroatoms.